The molecule has 0 spiro atoms. The van der Waals surface area contributed by atoms with Gasteiger partial charge in [-0.15, -0.1) is 0 Å². The maximum atomic E-state index is 12.0. The van der Waals surface area contributed by atoms with Crippen LogP contribution < -0.4 is 4.74 Å². The first-order chi connectivity index (χ1) is 9.20. The predicted molar refractivity (Wildman–Crippen MR) is 73.0 cm³/mol. The molecule has 0 aliphatic carbocycles. The third-order valence-corrected chi connectivity index (χ3v) is 3.45. The van der Waals surface area contributed by atoms with E-state index in [4.69, 9.17) is 4.74 Å². The number of aliphatic hydroxyl groups is 1. The molecule has 1 amide bonds. The topological polar surface area (TPSA) is 49.8 Å². The number of carbonyl (C=O) groups excluding carboxylic acids is 1. The number of piperidine rings is 1. The molecule has 1 aromatic rings. The van der Waals surface area contributed by atoms with Crippen LogP contribution in [0.5, 0.6) is 5.75 Å². The van der Waals surface area contributed by atoms with Gasteiger partial charge in [0, 0.05) is 18.7 Å². The zero-order valence-corrected chi connectivity index (χ0v) is 11.4. The van der Waals surface area contributed by atoms with Crippen molar-refractivity contribution < 1.29 is 14.6 Å². The van der Waals surface area contributed by atoms with Crippen LogP contribution in [0.4, 0.5) is 0 Å². The number of hydrogen-bond acceptors (Lipinski definition) is 3. The van der Waals surface area contributed by atoms with Crippen molar-refractivity contribution in [1.82, 2.24) is 4.90 Å². The van der Waals surface area contributed by atoms with Gasteiger partial charge in [-0.05, 0) is 32.3 Å². The second-order valence-corrected chi connectivity index (χ2v) is 5.00. The van der Waals surface area contributed by atoms with Gasteiger partial charge in [0.25, 0.3) is 5.91 Å². The molecular weight excluding hydrogens is 242 g/mol. The minimum Gasteiger partial charge on any atom is -0.483 e. The predicted octanol–water partition coefficient (Wildman–Crippen LogP) is 1.88. The molecule has 1 fully saturated rings. The molecule has 19 heavy (non-hydrogen) atoms. The molecule has 1 N–H and O–H groups in total. The maximum Gasteiger partial charge on any atom is 0.260 e. The highest BCUT2D eigenvalue weighted by atomic mass is 16.5. The number of nitrogens with zero attached hydrogens (tertiary/aromatic N) is 1. The van der Waals surface area contributed by atoms with Crippen LogP contribution in [0.15, 0.2) is 18.2 Å². The molecule has 0 aromatic heterocycles. The molecule has 1 saturated heterocycles. The van der Waals surface area contributed by atoms with Gasteiger partial charge in [-0.3, -0.25) is 4.79 Å². The smallest absolute Gasteiger partial charge is 0.260 e. The number of hydrogen-bond donors (Lipinski definition) is 1. The average Bonchev–Trinajstić information content (AvgIpc) is 2.46. The standard InChI is InChI=1S/C15H21NO3/c1-12-5-6-14(13(9-12)10-17)19-11-15(18)16-7-3-2-4-8-16/h5-6,9,17H,2-4,7-8,10-11H2,1H3. The van der Waals surface area contributed by atoms with Gasteiger partial charge >= 0.3 is 0 Å². The summed E-state index contributed by atoms with van der Waals surface area (Å²) in [6, 6.07) is 5.60. The van der Waals surface area contributed by atoms with E-state index in [-0.39, 0.29) is 19.1 Å². The van der Waals surface area contributed by atoms with E-state index in [0.717, 1.165) is 37.1 Å². The number of carbonyl (C=O) groups is 1. The first kappa shape index (κ1) is 13.9. The highest BCUT2D eigenvalue weighted by Crippen LogP contribution is 2.20. The van der Waals surface area contributed by atoms with Gasteiger partial charge in [0.1, 0.15) is 5.75 Å². The Kier molecular flexibility index (Phi) is 4.80. The average molecular weight is 263 g/mol. The zero-order chi connectivity index (χ0) is 13.7. The van der Waals surface area contributed by atoms with E-state index in [2.05, 4.69) is 0 Å². The fraction of sp³-hybridized carbons (Fsp3) is 0.533. The molecule has 2 rings (SSSR count). The van der Waals surface area contributed by atoms with Crippen LogP contribution in [-0.4, -0.2) is 35.6 Å². The van der Waals surface area contributed by atoms with Gasteiger partial charge in [-0.2, -0.15) is 0 Å². The lowest BCUT2D eigenvalue weighted by atomic mass is 10.1. The number of aliphatic hydroxyl groups excluding tert-OH is 1. The summed E-state index contributed by atoms with van der Waals surface area (Å²) in [7, 11) is 0. The molecule has 0 bridgehead atoms. The molecule has 0 atom stereocenters. The van der Waals surface area contributed by atoms with Gasteiger partial charge in [0.15, 0.2) is 6.61 Å². The van der Waals surface area contributed by atoms with E-state index in [1.807, 2.05) is 30.0 Å². The van der Waals surface area contributed by atoms with Crippen LogP contribution in [0.3, 0.4) is 0 Å². The monoisotopic (exact) mass is 263 g/mol. The van der Waals surface area contributed by atoms with Crippen molar-refractivity contribution in [2.45, 2.75) is 32.8 Å². The van der Waals surface area contributed by atoms with E-state index in [1.165, 1.54) is 6.42 Å². The summed E-state index contributed by atoms with van der Waals surface area (Å²) in [5, 5.41) is 9.28. The summed E-state index contributed by atoms with van der Waals surface area (Å²) in [6.45, 7) is 3.61. The van der Waals surface area contributed by atoms with Crippen LogP contribution in [0.2, 0.25) is 0 Å². The number of aryl methyl sites for hydroxylation is 1. The summed E-state index contributed by atoms with van der Waals surface area (Å²) in [5.74, 6) is 0.627. The number of likely N-dealkylation sites (tertiary alicyclic amines) is 1. The Bertz CT molecular complexity index is 439. The quantitative estimate of drug-likeness (QED) is 0.902. The number of benzene rings is 1. The largest absolute Gasteiger partial charge is 0.483 e. The highest BCUT2D eigenvalue weighted by molar-refractivity contribution is 5.77. The van der Waals surface area contributed by atoms with Gasteiger partial charge in [-0.25, -0.2) is 0 Å². The Morgan fingerprint density at radius 2 is 2.05 bits per heavy atom. The van der Waals surface area contributed by atoms with Crippen molar-refractivity contribution in [2.75, 3.05) is 19.7 Å². The minimum atomic E-state index is -0.0745. The Labute approximate surface area is 114 Å². The molecule has 1 aliphatic heterocycles. The number of rotatable bonds is 4. The van der Waals surface area contributed by atoms with E-state index in [9.17, 15) is 9.90 Å². The molecule has 1 aromatic carbocycles. The zero-order valence-electron chi connectivity index (χ0n) is 11.4. The van der Waals surface area contributed by atoms with Crippen LogP contribution >= 0.6 is 0 Å². The normalized spacial score (nSPS) is 15.4. The van der Waals surface area contributed by atoms with Crippen molar-refractivity contribution in [3.63, 3.8) is 0 Å². The maximum absolute atomic E-state index is 12.0. The number of ether oxygens (including phenoxy) is 1. The molecular formula is C15H21NO3. The molecule has 0 saturated carbocycles. The van der Waals surface area contributed by atoms with Crippen LogP contribution in [-0.2, 0) is 11.4 Å². The van der Waals surface area contributed by atoms with Crippen molar-refractivity contribution in [3.8, 4) is 5.75 Å². The minimum absolute atomic E-state index is 0.0316. The fourth-order valence-electron chi connectivity index (χ4n) is 2.35. The van der Waals surface area contributed by atoms with Gasteiger partial charge in [0.05, 0.1) is 6.61 Å². The van der Waals surface area contributed by atoms with E-state index in [0.29, 0.717) is 5.75 Å². The van der Waals surface area contributed by atoms with Crippen molar-refractivity contribution >= 4 is 5.91 Å². The second kappa shape index (κ2) is 6.57. The lowest BCUT2D eigenvalue weighted by Gasteiger charge is -2.26. The molecule has 4 heteroatoms. The van der Waals surface area contributed by atoms with Crippen molar-refractivity contribution in [3.05, 3.63) is 29.3 Å². The summed E-state index contributed by atoms with van der Waals surface area (Å²) < 4.78 is 5.55. The summed E-state index contributed by atoms with van der Waals surface area (Å²) >= 11 is 0. The Hall–Kier alpha value is -1.55. The first-order valence-electron chi connectivity index (χ1n) is 6.81. The van der Waals surface area contributed by atoms with E-state index < -0.39 is 0 Å². The Morgan fingerprint density at radius 1 is 1.32 bits per heavy atom. The third-order valence-electron chi connectivity index (χ3n) is 3.45. The summed E-state index contributed by atoms with van der Waals surface area (Å²) in [5.41, 5.74) is 1.80. The van der Waals surface area contributed by atoms with Crippen LogP contribution in [0.25, 0.3) is 0 Å². The highest BCUT2D eigenvalue weighted by Gasteiger charge is 2.17. The summed E-state index contributed by atoms with van der Waals surface area (Å²) in [4.78, 5) is 13.8. The fourth-order valence-corrected chi connectivity index (χ4v) is 2.35. The van der Waals surface area contributed by atoms with Gasteiger partial charge < -0.3 is 14.7 Å². The number of amides is 1. The van der Waals surface area contributed by atoms with Crippen LogP contribution in [0.1, 0.15) is 30.4 Å². The lowest BCUT2D eigenvalue weighted by molar-refractivity contribution is -0.134. The van der Waals surface area contributed by atoms with E-state index in [1.54, 1.807) is 0 Å². The van der Waals surface area contributed by atoms with Crippen molar-refractivity contribution in [2.24, 2.45) is 0 Å². The van der Waals surface area contributed by atoms with E-state index >= 15 is 0 Å². The molecule has 1 aliphatic rings. The SMILES string of the molecule is Cc1ccc(OCC(=O)N2CCCCC2)c(CO)c1. The first-order valence-corrected chi connectivity index (χ1v) is 6.81. The second-order valence-electron chi connectivity index (χ2n) is 5.00. The van der Waals surface area contributed by atoms with Crippen molar-refractivity contribution in [1.29, 1.82) is 0 Å². The molecule has 4 nitrogen and oxygen atoms in total. The molecule has 0 unspecified atom stereocenters. The molecule has 0 radical (unpaired) electrons. The molecule has 1 heterocycles. The Balaban J connectivity index is 1.92. The van der Waals surface area contributed by atoms with Gasteiger partial charge in [0.2, 0.25) is 0 Å². The lowest BCUT2D eigenvalue weighted by Crippen LogP contribution is -2.38. The Morgan fingerprint density at radius 3 is 2.74 bits per heavy atom. The van der Waals surface area contributed by atoms with Gasteiger partial charge in [-0.1, -0.05) is 17.7 Å². The molecule has 104 valence electrons. The summed E-state index contributed by atoms with van der Waals surface area (Å²) in [6.07, 6.45) is 3.37. The van der Waals surface area contributed by atoms with Crippen LogP contribution in [0, 0.1) is 6.92 Å². The third kappa shape index (κ3) is 3.70.